The highest BCUT2D eigenvalue weighted by Gasteiger charge is 2.21. The van der Waals surface area contributed by atoms with E-state index in [1.165, 1.54) is 5.56 Å². The molecule has 1 atom stereocenters. The molecule has 6 nitrogen and oxygen atoms in total. The summed E-state index contributed by atoms with van der Waals surface area (Å²) < 4.78 is 5.24. The number of rotatable bonds is 8. The van der Waals surface area contributed by atoms with E-state index in [-0.39, 0.29) is 18.1 Å². The van der Waals surface area contributed by atoms with E-state index in [1.807, 2.05) is 44.4 Å². The summed E-state index contributed by atoms with van der Waals surface area (Å²) in [4.78, 5) is 17.0. The lowest BCUT2D eigenvalue weighted by atomic mass is 10.0. The molecule has 0 aromatic heterocycles. The second-order valence-electron chi connectivity index (χ2n) is 8.14. The van der Waals surface area contributed by atoms with Gasteiger partial charge in [0.1, 0.15) is 5.75 Å². The Kier molecular flexibility index (Phi) is 8.11. The minimum absolute atomic E-state index is 0.0862. The number of nitrogens with zero attached hydrogens (tertiary/aromatic N) is 2. The van der Waals surface area contributed by atoms with Crippen LogP contribution in [0.3, 0.4) is 0 Å². The summed E-state index contributed by atoms with van der Waals surface area (Å²) in [6, 6.07) is 18.8. The minimum atomic E-state index is -0.0862. The average molecular weight is 411 g/mol. The molecule has 1 aliphatic heterocycles. The number of ether oxygens (including phenoxy) is 1. The minimum Gasteiger partial charge on any atom is -0.497 e. The lowest BCUT2D eigenvalue weighted by molar-refractivity contribution is 0.185. The van der Waals surface area contributed by atoms with Crippen molar-refractivity contribution in [1.29, 1.82) is 0 Å². The molecule has 1 saturated heterocycles. The Morgan fingerprint density at radius 1 is 1.10 bits per heavy atom. The lowest BCUT2D eigenvalue weighted by Gasteiger charge is -2.32. The number of carbonyl (C=O) groups is 1. The second-order valence-corrected chi connectivity index (χ2v) is 8.14. The molecular weight excluding hydrogens is 376 g/mol. The molecule has 0 spiro atoms. The molecule has 0 aliphatic carbocycles. The molecule has 2 N–H and O–H groups in total. The summed E-state index contributed by atoms with van der Waals surface area (Å²) in [5.74, 6) is 0.834. The van der Waals surface area contributed by atoms with Gasteiger partial charge in [0.2, 0.25) is 0 Å². The number of carbonyl (C=O) groups excluding carboxylic acids is 1. The average Bonchev–Trinajstić information content (AvgIpc) is 2.76. The van der Waals surface area contributed by atoms with E-state index in [1.54, 1.807) is 7.11 Å². The van der Waals surface area contributed by atoms with Crippen LogP contribution in [0.1, 0.15) is 30.0 Å². The smallest absolute Gasteiger partial charge is 0.315 e. The van der Waals surface area contributed by atoms with Crippen molar-refractivity contribution in [2.24, 2.45) is 0 Å². The Morgan fingerprint density at radius 2 is 1.77 bits per heavy atom. The van der Waals surface area contributed by atoms with Gasteiger partial charge in [-0.3, -0.25) is 4.90 Å². The normalized spacial score (nSPS) is 16.3. The van der Waals surface area contributed by atoms with Gasteiger partial charge in [-0.1, -0.05) is 42.5 Å². The van der Waals surface area contributed by atoms with Gasteiger partial charge in [0.15, 0.2) is 0 Å². The van der Waals surface area contributed by atoms with Gasteiger partial charge in [-0.05, 0) is 50.2 Å². The molecule has 30 heavy (non-hydrogen) atoms. The third-order valence-corrected chi connectivity index (χ3v) is 5.75. The molecule has 0 saturated carbocycles. The van der Waals surface area contributed by atoms with E-state index in [2.05, 4.69) is 44.7 Å². The van der Waals surface area contributed by atoms with Crippen molar-refractivity contribution in [2.45, 2.75) is 31.5 Å². The standard InChI is InChI=1S/C24H34N4O2/c1-27(2)23(20-9-11-22(30-3)12-10-20)17-25-24(29)26-21-13-15-28(16-14-21)18-19-7-5-4-6-8-19/h4-12,21,23H,13-18H2,1-3H3,(H2,25,26,29). The first-order valence-corrected chi connectivity index (χ1v) is 10.7. The Morgan fingerprint density at radius 3 is 2.37 bits per heavy atom. The van der Waals surface area contributed by atoms with Crippen molar-refractivity contribution < 1.29 is 9.53 Å². The van der Waals surface area contributed by atoms with Gasteiger partial charge < -0.3 is 20.3 Å². The van der Waals surface area contributed by atoms with Gasteiger partial charge in [0.05, 0.1) is 13.2 Å². The van der Waals surface area contributed by atoms with Crippen LogP contribution >= 0.6 is 0 Å². The zero-order valence-electron chi connectivity index (χ0n) is 18.3. The molecule has 6 heteroatoms. The number of nitrogens with one attached hydrogen (secondary N) is 2. The number of amides is 2. The quantitative estimate of drug-likeness (QED) is 0.701. The topological polar surface area (TPSA) is 56.8 Å². The van der Waals surface area contributed by atoms with Crippen LogP contribution in [0.15, 0.2) is 54.6 Å². The predicted octanol–water partition coefficient (Wildman–Crippen LogP) is 3.26. The lowest BCUT2D eigenvalue weighted by Crippen LogP contribution is -2.48. The Balaban J connectivity index is 1.42. The SMILES string of the molecule is COc1ccc(C(CNC(=O)NC2CCN(Cc3ccccc3)CC2)N(C)C)cc1. The molecule has 2 aromatic rings. The van der Waals surface area contributed by atoms with Crippen molar-refractivity contribution in [2.75, 3.05) is 40.8 Å². The third kappa shape index (κ3) is 6.47. The molecule has 0 bridgehead atoms. The highest BCUT2D eigenvalue weighted by atomic mass is 16.5. The fourth-order valence-electron chi connectivity index (χ4n) is 3.93. The third-order valence-electron chi connectivity index (χ3n) is 5.75. The number of hydrogen-bond acceptors (Lipinski definition) is 4. The highest BCUT2D eigenvalue weighted by molar-refractivity contribution is 5.74. The first-order chi connectivity index (χ1) is 14.5. The van der Waals surface area contributed by atoms with Crippen LogP contribution in [-0.2, 0) is 6.54 Å². The maximum Gasteiger partial charge on any atom is 0.315 e. The molecule has 1 unspecified atom stereocenters. The van der Waals surface area contributed by atoms with Crippen molar-refractivity contribution in [3.8, 4) is 5.75 Å². The Bertz CT molecular complexity index is 772. The summed E-state index contributed by atoms with van der Waals surface area (Å²) in [5, 5.41) is 6.20. The monoisotopic (exact) mass is 410 g/mol. The molecule has 2 aromatic carbocycles. The van der Waals surface area contributed by atoms with Crippen LogP contribution in [0.5, 0.6) is 5.75 Å². The molecule has 2 amide bonds. The number of likely N-dealkylation sites (N-methyl/N-ethyl adjacent to an activating group) is 1. The van der Waals surface area contributed by atoms with E-state index >= 15 is 0 Å². The maximum absolute atomic E-state index is 12.5. The number of benzene rings is 2. The fourth-order valence-corrected chi connectivity index (χ4v) is 3.93. The largest absolute Gasteiger partial charge is 0.497 e. The maximum atomic E-state index is 12.5. The summed E-state index contributed by atoms with van der Waals surface area (Å²) in [6.45, 7) is 3.54. The predicted molar refractivity (Wildman–Crippen MR) is 121 cm³/mol. The van der Waals surface area contributed by atoms with Crippen molar-refractivity contribution in [3.05, 3.63) is 65.7 Å². The van der Waals surface area contributed by atoms with Crippen LogP contribution in [-0.4, -0.2) is 62.7 Å². The molecule has 1 aliphatic rings. The number of likely N-dealkylation sites (tertiary alicyclic amines) is 1. The molecule has 3 rings (SSSR count). The van der Waals surface area contributed by atoms with Crippen LogP contribution in [0, 0.1) is 0 Å². The number of hydrogen-bond donors (Lipinski definition) is 2. The summed E-state index contributed by atoms with van der Waals surface area (Å²) >= 11 is 0. The van der Waals surface area contributed by atoms with Gasteiger partial charge in [-0.2, -0.15) is 0 Å². The van der Waals surface area contributed by atoms with E-state index in [9.17, 15) is 4.79 Å². The highest BCUT2D eigenvalue weighted by Crippen LogP contribution is 2.21. The molecule has 1 heterocycles. The van der Waals surface area contributed by atoms with Crippen molar-refractivity contribution in [1.82, 2.24) is 20.4 Å². The van der Waals surface area contributed by atoms with Crippen molar-refractivity contribution in [3.63, 3.8) is 0 Å². The number of piperidine rings is 1. The second kappa shape index (κ2) is 11.0. The van der Waals surface area contributed by atoms with Crippen LogP contribution < -0.4 is 15.4 Å². The molecule has 162 valence electrons. The number of methoxy groups -OCH3 is 1. The first kappa shape index (κ1) is 22.1. The van der Waals surface area contributed by atoms with Crippen LogP contribution in [0.25, 0.3) is 0 Å². The van der Waals surface area contributed by atoms with Crippen LogP contribution in [0.2, 0.25) is 0 Å². The van der Waals surface area contributed by atoms with Crippen molar-refractivity contribution >= 4 is 6.03 Å². The number of urea groups is 1. The van der Waals surface area contributed by atoms with E-state index in [0.29, 0.717) is 6.54 Å². The first-order valence-electron chi connectivity index (χ1n) is 10.7. The van der Waals surface area contributed by atoms with Gasteiger partial charge >= 0.3 is 6.03 Å². The summed E-state index contributed by atoms with van der Waals surface area (Å²) in [6.07, 6.45) is 1.96. The van der Waals surface area contributed by atoms with Gasteiger partial charge in [-0.25, -0.2) is 4.79 Å². The Labute approximate surface area is 180 Å². The van der Waals surface area contributed by atoms with Crippen LogP contribution in [0.4, 0.5) is 4.79 Å². The van der Waals surface area contributed by atoms with E-state index in [4.69, 9.17) is 4.74 Å². The Hall–Kier alpha value is -2.57. The van der Waals surface area contributed by atoms with Gasteiger partial charge in [-0.15, -0.1) is 0 Å². The summed E-state index contributed by atoms with van der Waals surface area (Å²) in [5.41, 5.74) is 2.49. The van der Waals surface area contributed by atoms with Gasteiger partial charge in [0, 0.05) is 32.2 Å². The zero-order chi connectivity index (χ0) is 21.3. The van der Waals surface area contributed by atoms with E-state index < -0.39 is 0 Å². The van der Waals surface area contributed by atoms with Gasteiger partial charge in [0.25, 0.3) is 0 Å². The summed E-state index contributed by atoms with van der Waals surface area (Å²) in [7, 11) is 5.71. The fraction of sp³-hybridized carbons (Fsp3) is 0.458. The molecular formula is C24H34N4O2. The molecule has 1 fully saturated rings. The zero-order valence-corrected chi connectivity index (χ0v) is 18.3. The molecule has 0 radical (unpaired) electrons. The van der Waals surface area contributed by atoms with E-state index in [0.717, 1.165) is 43.8 Å².